The van der Waals surface area contributed by atoms with Gasteiger partial charge in [0.2, 0.25) is 0 Å². The SMILES string of the molecule is CN=C/C=C(\N)c1cc(-c2ccc(F)cc2)ccc1N. The van der Waals surface area contributed by atoms with Crippen LogP contribution in [-0.4, -0.2) is 13.3 Å². The van der Waals surface area contributed by atoms with E-state index in [4.69, 9.17) is 11.5 Å². The fourth-order valence-electron chi connectivity index (χ4n) is 1.87. The highest BCUT2D eigenvalue weighted by Gasteiger charge is 2.05. The number of nitrogens with two attached hydrogens (primary N) is 2. The van der Waals surface area contributed by atoms with Crippen molar-refractivity contribution >= 4 is 17.6 Å². The summed E-state index contributed by atoms with van der Waals surface area (Å²) in [6.07, 6.45) is 3.31. The van der Waals surface area contributed by atoms with Gasteiger partial charge in [0.15, 0.2) is 0 Å². The van der Waals surface area contributed by atoms with Gasteiger partial charge in [-0.2, -0.15) is 0 Å². The summed E-state index contributed by atoms with van der Waals surface area (Å²) in [6, 6.07) is 11.8. The lowest BCUT2D eigenvalue weighted by atomic mass is 10.0. The maximum Gasteiger partial charge on any atom is 0.123 e. The zero-order valence-corrected chi connectivity index (χ0v) is 11.2. The largest absolute Gasteiger partial charge is 0.398 e. The van der Waals surface area contributed by atoms with Crippen LogP contribution in [0.2, 0.25) is 0 Å². The minimum Gasteiger partial charge on any atom is -0.398 e. The molecular formula is C16H16FN3. The highest BCUT2D eigenvalue weighted by Crippen LogP contribution is 2.26. The van der Waals surface area contributed by atoms with Crippen molar-refractivity contribution in [3.8, 4) is 11.1 Å². The second-order valence-electron chi connectivity index (χ2n) is 4.34. The van der Waals surface area contributed by atoms with Crippen LogP contribution in [0.5, 0.6) is 0 Å². The molecule has 0 amide bonds. The van der Waals surface area contributed by atoms with E-state index < -0.39 is 0 Å². The van der Waals surface area contributed by atoms with E-state index in [1.54, 1.807) is 37.5 Å². The van der Waals surface area contributed by atoms with Crippen LogP contribution in [0.4, 0.5) is 10.1 Å². The minimum atomic E-state index is -0.261. The van der Waals surface area contributed by atoms with Gasteiger partial charge in [-0.1, -0.05) is 18.2 Å². The number of benzene rings is 2. The molecule has 0 atom stereocenters. The third kappa shape index (κ3) is 3.03. The minimum absolute atomic E-state index is 0.261. The van der Waals surface area contributed by atoms with E-state index in [9.17, 15) is 4.39 Å². The van der Waals surface area contributed by atoms with Crippen molar-refractivity contribution in [3.63, 3.8) is 0 Å². The Morgan fingerprint density at radius 2 is 1.75 bits per heavy atom. The molecule has 0 aliphatic carbocycles. The average molecular weight is 269 g/mol. The molecule has 0 spiro atoms. The summed E-state index contributed by atoms with van der Waals surface area (Å²) >= 11 is 0. The standard InChI is InChI=1S/C16H16FN3/c1-20-9-8-16(19)14-10-12(4-7-15(14)18)11-2-5-13(17)6-3-11/h2-10H,18-19H2,1H3/b16-8-,20-9?. The van der Waals surface area contributed by atoms with Crippen molar-refractivity contribution in [2.24, 2.45) is 10.7 Å². The summed E-state index contributed by atoms with van der Waals surface area (Å²) in [7, 11) is 1.67. The molecule has 0 unspecified atom stereocenters. The van der Waals surface area contributed by atoms with Crippen LogP contribution < -0.4 is 11.5 Å². The highest BCUT2D eigenvalue weighted by molar-refractivity contribution is 5.87. The zero-order valence-electron chi connectivity index (χ0n) is 11.2. The predicted molar refractivity (Wildman–Crippen MR) is 82.8 cm³/mol. The summed E-state index contributed by atoms with van der Waals surface area (Å²) < 4.78 is 12.9. The molecule has 4 heteroatoms. The summed E-state index contributed by atoms with van der Waals surface area (Å²) in [5.74, 6) is -0.261. The Hall–Kier alpha value is -2.62. The van der Waals surface area contributed by atoms with Gasteiger partial charge in [-0.15, -0.1) is 0 Å². The maximum absolute atomic E-state index is 12.9. The molecule has 2 aromatic carbocycles. The topological polar surface area (TPSA) is 64.4 Å². The fourth-order valence-corrected chi connectivity index (χ4v) is 1.87. The molecule has 0 saturated heterocycles. The van der Waals surface area contributed by atoms with Crippen molar-refractivity contribution in [2.75, 3.05) is 12.8 Å². The van der Waals surface area contributed by atoms with Crippen molar-refractivity contribution in [1.82, 2.24) is 0 Å². The molecule has 2 rings (SSSR count). The molecule has 20 heavy (non-hydrogen) atoms. The Labute approximate surface area is 117 Å². The van der Waals surface area contributed by atoms with Crippen LogP contribution in [0.3, 0.4) is 0 Å². The van der Waals surface area contributed by atoms with E-state index in [1.807, 2.05) is 12.1 Å². The lowest BCUT2D eigenvalue weighted by Gasteiger charge is -2.09. The molecule has 0 fully saturated rings. The van der Waals surface area contributed by atoms with Crippen LogP contribution in [0.25, 0.3) is 16.8 Å². The Kier molecular flexibility index (Phi) is 4.15. The number of halogens is 1. The van der Waals surface area contributed by atoms with Gasteiger partial charge in [-0.05, 0) is 41.5 Å². The highest BCUT2D eigenvalue weighted by atomic mass is 19.1. The normalized spacial score (nSPS) is 12.0. The van der Waals surface area contributed by atoms with Crippen LogP contribution in [-0.2, 0) is 0 Å². The van der Waals surface area contributed by atoms with Crippen LogP contribution >= 0.6 is 0 Å². The number of nitrogen functional groups attached to an aromatic ring is 1. The van der Waals surface area contributed by atoms with Crippen LogP contribution in [0.1, 0.15) is 5.56 Å². The number of allylic oxidation sites excluding steroid dienone is 1. The monoisotopic (exact) mass is 269 g/mol. The second kappa shape index (κ2) is 6.02. The Morgan fingerprint density at radius 3 is 2.40 bits per heavy atom. The number of hydrogen-bond acceptors (Lipinski definition) is 3. The van der Waals surface area contributed by atoms with Gasteiger partial charge in [0.25, 0.3) is 0 Å². The van der Waals surface area contributed by atoms with Crippen molar-refractivity contribution in [1.29, 1.82) is 0 Å². The zero-order chi connectivity index (χ0) is 14.5. The third-order valence-electron chi connectivity index (χ3n) is 2.95. The van der Waals surface area contributed by atoms with Crippen molar-refractivity contribution < 1.29 is 4.39 Å². The summed E-state index contributed by atoms with van der Waals surface area (Å²) in [6.45, 7) is 0. The lowest BCUT2D eigenvalue weighted by Crippen LogP contribution is -2.01. The van der Waals surface area contributed by atoms with Gasteiger partial charge in [-0.25, -0.2) is 4.39 Å². The summed E-state index contributed by atoms with van der Waals surface area (Å²) in [4.78, 5) is 3.86. The predicted octanol–water partition coefficient (Wildman–Crippen LogP) is 3.08. The first-order chi connectivity index (χ1) is 9.61. The Morgan fingerprint density at radius 1 is 1.10 bits per heavy atom. The van der Waals surface area contributed by atoms with Crippen LogP contribution in [0.15, 0.2) is 53.5 Å². The lowest BCUT2D eigenvalue weighted by molar-refractivity contribution is 0.628. The molecule has 0 aliphatic heterocycles. The summed E-state index contributed by atoms with van der Waals surface area (Å²) in [5.41, 5.74) is 15.6. The summed E-state index contributed by atoms with van der Waals surface area (Å²) in [5, 5.41) is 0. The van der Waals surface area contributed by atoms with Gasteiger partial charge >= 0.3 is 0 Å². The van der Waals surface area contributed by atoms with Gasteiger partial charge in [0.1, 0.15) is 5.82 Å². The molecule has 3 nitrogen and oxygen atoms in total. The quantitative estimate of drug-likeness (QED) is 0.664. The smallest absolute Gasteiger partial charge is 0.123 e. The number of rotatable bonds is 3. The Bertz CT molecular complexity index is 658. The van der Waals surface area contributed by atoms with E-state index in [0.29, 0.717) is 11.4 Å². The van der Waals surface area contributed by atoms with Crippen LogP contribution in [0, 0.1) is 5.82 Å². The van der Waals surface area contributed by atoms with E-state index >= 15 is 0 Å². The molecule has 0 heterocycles. The third-order valence-corrected chi connectivity index (χ3v) is 2.95. The first-order valence-corrected chi connectivity index (χ1v) is 6.15. The number of anilines is 1. The molecule has 102 valence electrons. The molecule has 0 radical (unpaired) electrons. The maximum atomic E-state index is 12.9. The molecular weight excluding hydrogens is 253 g/mol. The molecule has 4 N–H and O–H groups in total. The van der Waals surface area contributed by atoms with E-state index in [1.165, 1.54) is 12.1 Å². The van der Waals surface area contributed by atoms with E-state index in [0.717, 1.165) is 16.7 Å². The second-order valence-corrected chi connectivity index (χ2v) is 4.34. The van der Waals surface area contributed by atoms with Gasteiger partial charge < -0.3 is 11.5 Å². The van der Waals surface area contributed by atoms with Gasteiger partial charge in [-0.3, -0.25) is 4.99 Å². The molecule has 0 aliphatic rings. The van der Waals surface area contributed by atoms with Crippen molar-refractivity contribution in [2.45, 2.75) is 0 Å². The average Bonchev–Trinajstić information content (AvgIpc) is 2.46. The number of nitrogens with zero attached hydrogens (tertiary/aromatic N) is 1. The number of hydrogen-bond donors (Lipinski definition) is 2. The first kappa shape index (κ1) is 13.8. The van der Waals surface area contributed by atoms with Gasteiger partial charge in [0.05, 0.1) is 0 Å². The van der Waals surface area contributed by atoms with E-state index in [2.05, 4.69) is 4.99 Å². The molecule has 0 saturated carbocycles. The first-order valence-electron chi connectivity index (χ1n) is 6.15. The Balaban J connectivity index is 2.45. The fraction of sp³-hybridized carbons (Fsp3) is 0.0625. The van der Waals surface area contributed by atoms with Gasteiger partial charge in [0, 0.05) is 30.2 Å². The van der Waals surface area contributed by atoms with Crippen molar-refractivity contribution in [3.05, 3.63) is 59.9 Å². The van der Waals surface area contributed by atoms with E-state index in [-0.39, 0.29) is 5.82 Å². The molecule has 0 aromatic heterocycles. The number of aliphatic imine (C=N–C) groups is 1. The molecule has 0 bridgehead atoms. The molecule has 2 aromatic rings.